The monoisotopic (exact) mass is 353 g/mol. The predicted octanol–water partition coefficient (Wildman–Crippen LogP) is 3.57. The van der Waals surface area contributed by atoms with Crippen LogP contribution in [0.5, 0.6) is 0 Å². The van der Waals surface area contributed by atoms with Crippen molar-refractivity contribution in [2.45, 2.75) is 46.0 Å². The summed E-state index contributed by atoms with van der Waals surface area (Å²) in [6.07, 6.45) is 13.5. The van der Waals surface area contributed by atoms with E-state index >= 15 is 0 Å². The van der Waals surface area contributed by atoms with Crippen LogP contribution in [0.3, 0.4) is 0 Å². The third-order valence-electron chi connectivity index (χ3n) is 5.42. The molecule has 0 bridgehead atoms. The zero-order valence-electron chi connectivity index (χ0n) is 15.6. The van der Waals surface area contributed by atoms with E-state index in [0.717, 1.165) is 43.4 Å². The fourth-order valence-electron chi connectivity index (χ4n) is 3.81. The molecule has 0 aliphatic carbocycles. The van der Waals surface area contributed by atoms with Crippen molar-refractivity contribution in [2.24, 2.45) is 5.41 Å². The fraction of sp³-hybridized carbons (Fsp3) is 0.476. The van der Waals surface area contributed by atoms with Crippen molar-refractivity contribution in [3.8, 4) is 0 Å². The lowest BCUT2D eigenvalue weighted by Gasteiger charge is -2.35. The molecule has 0 radical (unpaired) electrons. The maximum Gasteiger partial charge on any atom is 0.246 e. The molecule has 1 aromatic heterocycles. The van der Waals surface area contributed by atoms with Gasteiger partial charge < -0.3 is 10.2 Å². The number of anilines is 1. The summed E-state index contributed by atoms with van der Waals surface area (Å²) in [4.78, 5) is 31.0. The van der Waals surface area contributed by atoms with Crippen molar-refractivity contribution < 1.29 is 9.59 Å². The summed E-state index contributed by atoms with van der Waals surface area (Å²) in [7, 11) is 0. The summed E-state index contributed by atoms with van der Waals surface area (Å²) < 4.78 is 0. The van der Waals surface area contributed by atoms with Crippen LogP contribution in [0, 0.1) is 5.41 Å². The molecule has 1 N–H and O–H groups in total. The Morgan fingerprint density at radius 1 is 1.38 bits per heavy atom. The van der Waals surface area contributed by atoms with Gasteiger partial charge in [0.25, 0.3) is 0 Å². The predicted molar refractivity (Wildman–Crippen MR) is 104 cm³/mol. The number of carbonyl (C=O) groups is 2. The average Bonchev–Trinajstić information content (AvgIpc) is 2.67. The summed E-state index contributed by atoms with van der Waals surface area (Å²) in [5.41, 5.74) is 1.60. The summed E-state index contributed by atoms with van der Waals surface area (Å²) >= 11 is 0. The molecule has 138 valence electrons. The molecule has 1 aromatic rings. The number of rotatable bonds is 5. The van der Waals surface area contributed by atoms with Gasteiger partial charge in [-0.25, -0.2) is 4.98 Å². The molecule has 5 nitrogen and oxygen atoms in total. The second-order valence-corrected chi connectivity index (χ2v) is 7.17. The Kier molecular flexibility index (Phi) is 5.55. The van der Waals surface area contributed by atoms with Crippen molar-refractivity contribution in [3.63, 3.8) is 0 Å². The van der Waals surface area contributed by atoms with E-state index in [4.69, 9.17) is 0 Å². The maximum absolute atomic E-state index is 12.6. The molecule has 0 saturated carbocycles. The van der Waals surface area contributed by atoms with Crippen molar-refractivity contribution in [1.29, 1.82) is 0 Å². The van der Waals surface area contributed by atoms with Crippen molar-refractivity contribution >= 4 is 23.7 Å². The van der Waals surface area contributed by atoms with E-state index in [2.05, 4.69) is 30.2 Å². The molecule has 3 rings (SSSR count). The highest BCUT2D eigenvalue weighted by atomic mass is 16.2. The normalized spacial score (nSPS) is 22.4. The standard InChI is InChI=1S/C21H27N3O2/c1-3-10-21(4-2)14-17-13-16(15-22-19(17)23-20(21)26)8-9-18(25)24-11-6-5-7-12-24/h5-6,8-9,13,15H,3-4,7,10-12,14H2,1-2H3,(H,22,23,26)/b9-8+. The van der Waals surface area contributed by atoms with Gasteiger partial charge in [-0.1, -0.05) is 32.4 Å². The van der Waals surface area contributed by atoms with Gasteiger partial charge in [0.15, 0.2) is 0 Å². The summed E-state index contributed by atoms with van der Waals surface area (Å²) in [5.74, 6) is 0.757. The first-order valence-electron chi connectivity index (χ1n) is 9.50. The Hall–Kier alpha value is -2.43. The van der Waals surface area contributed by atoms with Crippen LogP contribution in [0.25, 0.3) is 6.08 Å². The topological polar surface area (TPSA) is 62.3 Å². The zero-order valence-corrected chi connectivity index (χ0v) is 15.6. The molecule has 2 amide bonds. The zero-order chi connectivity index (χ0) is 18.6. The Morgan fingerprint density at radius 3 is 2.92 bits per heavy atom. The van der Waals surface area contributed by atoms with Gasteiger partial charge in [0.05, 0.1) is 5.41 Å². The van der Waals surface area contributed by atoms with Crippen LogP contribution in [-0.4, -0.2) is 34.8 Å². The van der Waals surface area contributed by atoms with Crippen molar-refractivity contribution in [3.05, 3.63) is 41.6 Å². The Labute approximate surface area is 155 Å². The third-order valence-corrected chi connectivity index (χ3v) is 5.42. The molecule has 2 aliphatic rings. The number of carbonyl (C=O) groups excluding carboxylic acids is 2. The second kappa shape index (κ2) is 7.85. The van der Waals surface area contributed by atoms with Crippen LogP contribution in [0.15, 0.2) is 30.5 Å². The minimum Gasteiger partial charge on any atom is -0.335 e. The van der Waals surface area contributed by atoms with Crippen LogP contribution in [-0.2, 0) is 16.0 Å². The van der Waals surface area contributed by atoms with Gasteiger partial charge in [-0.05, 0) is 49.0 Å². The van der Waals surface area contributed by atoms with Crippen LogP contribution in [0.2, 0.25) is 0 Å². The molecule has 1 unspecified atom stereocenters. The van der Waals surface area contributed by atoms with E-state index in [1.807, 2.05) is 23.1 Å². The van der Waals surface area contributed by atoms with E-state index in [1.54, 1.807) is 12.3 Å². The number of pyridine rings is 1. The first-order chi connectivity index (χ1) is 12.6. The Balaban J connectivity index is 1.77. The highest BCUT2D eigenvalue weighted by molar-refractivity contribution is 5.97. The molecule has 5 heteroatoms. The number of nitrogens with zero attached hydrogens (tertiary/aromatic N) is 2. The number of fused-ring (bicyclic) bond motifs is 1. The molecule has 3 heterocycles. The van der Waals surface area contributed by atoms with Gasteiger partial charge in [0, 0.05) is 25.4 Å². The Morgan fingerprint density at radius 2 is 2.23 bits per heavy atom. The molecule has 26 heavy (non-hydrogen) atoms. The molecule has 1 atom stereocenters. The number of hydrogen-bond donors (Lipinski definition) is 1. The molecule has 2 aliphatic heterocycles. The highest BCUT2D eigenvalue weighted by Gasteiger charge is 2.40. The van der Waals surface area contributed by atoms with Gasteiger partial charge >= 0.3 is 0 Å². The lowest BCUT2D eigenvalue weighted by molar-refractivity contribution is -0.127. The van der Waals surface area contributed by atoms with Crippen LogP contribution in [0.4, 0.5) is 5.82 Å². The lowest BCUT2D eigenvalue weighted by Crippen LogP contribution is -2.41. The number of amides is 2. The average molecular weight is 353 g/mol. The van der Waals surface area contributed by atoms with E-state index in [0.29, 0.717) is 18.8 Å². The van der Waals surface area contributed by atoms with E-state index in [1.165, 1.54) is 0 Å². The molecular weight excluding hydrogens is 326 g/mol. The second-order valence-electron chi connectivity index (χ2n) is 7.17. The van der Waals surface area contributed by atoms with Crippen molar-refractivity contribution in [2.75, 3.05) is 18.4 Å². The fourth-order valence-corrected chi connectivity index (χ4v) is 3.81. The number of aromatic nitrogens is 1. The van der Waals surface area contributed by atoms with Crippen LogP contribution in [0.1, 0.15) is 50.7 Å². The first-order valence-corrected chi connectivity index (χ1v) is 9.50. The van der Waals surface area contributed by atoms with E-state index < -0.39 is 0 Å². The molecule has 0 aromatic carbocycles. The number of nitrogens with one attached hydrogen (secondary N) is 1. The molecule has 0 fully saturated rings. The minimum atomic E-state index is -0.346. The summed E-state index contributed by atoms with van der Waals surface area (Å²) in [5, 5.41) is 2.97. The van der Waals surface area contributed by atoms with Gasteiger partial charge in [0.2, 0.25) is 11.8 Å². The lowest BCUT2D eigenvalue weighted by atomic mass is 9.73. The van der Waals surface area contributed by atoms with E-state index in [-0.39, 0.29) is 17.2 Å². The first kappa shape index (κ1) is 18.4. The third kappa shape index (κ3) is 3.71. The van der Waals surface area contributed by atoms with Crippen LogP contribution < -0.4 is 5.32 Å². The molecule has 0 saturated heterocycles. The minimum absolute atomic E-state index is 0.0225. The summed E-state index contributed by atoms with van der Waals surface area (Å²) in [6, 6.07) is 2.04. The molecule has 0 spiro atoms. The molecular formula is C21H27N3O2. The van der Waals surface area contributed by atoms with Gasteiger partial charge in [-0.15, -0.1) is 0 Å². The van der Waals surface area contributed by atoms with Gasteiger partial charge in [-0.2, -0.15) is 0 Å². The Bertz CT molecular complexity index is 754. The smallest absolute Gasteiger partial charge is 0.246 e. The van der Waals surface area contributed by atoms with Crippen molar-refractivity contribution in [1.82, 2.24) is 9.88 Å². The SMILES string of the molecule is CCCC1(CC)Cc2cc(/C=C/C(=O)N3CC=CCC3)cnc2NC1=O. The largest absolute Gasteiger partial charge is 0.335 e. The van der Waals surface area contributed by atoms with Gasteiger partial charge in [-0.3, -0.25) is 9.59 Å². The maximum atomic E-state index is 12.6. The summed E-state index contributed by atoms with van der Waals surface area (Å²) in [6.45, 7) is 5.63. The van der Waals surface area contributed by atoms with E-state index in [9.17, 15) is 9.59 Å². The quantitative estimate of drug-likeness (QED) is 0.650. The number of hydrogen-bond acceptors (Lipinski definition) is 3. The van der Waals surface area contributed by atoms with Gasteiger partial charge in [0.1, 0.15) is 5.82 Å². The highest BCUT2D eigenvalue weighted by Crippen LogP contribution is 2.39. The van der Waals surface area contributed by atoms with Crippen LogP contribution >= 0.6 is 0 Å².